The molecule has 1 amide bonds. The number of rotatable bonds is 5. The number of carbonyl (C=O) groups is 1. The van der Waals surface area contributed by atoms with E-state index in [9.17, 15) is 10.1 Å². The molecule has 0 aliphatic rings. The maximum Gasteiger partial charge on any atom is 0.242 e. The molecule has 0 fully saturated rings. The molecule has 0 spiro atoms. The van der Waals surface area contributed by atoms with Gasteiger partial charge in [0.25, 0.3) is 0 Å². The molecule has 23 heavy (non-hydrogen) atoms. The number of anilines is 1. The van der Waals surface area contributed by atoms with Gasteiger partial charge in [-0.2, -0.15) is 5.26 Å². The molecule has 0 aliphatic carbocycles. The van der Waals surface area contributed by atoms with Crippen LogP contribution in [0.2, 0.25) is 0 Å². The smallest absolute Gasteiger partial charge is 0.242 e. The third kappa shape index (κ3) is 4.58. The molecule has 1 atom stereocenters. The molecule has 0 radical (unpaired) electrons. The number of hydrogen-bond donors (Lipinski definition) is 1. The molecule has 0 bridgehead atoms. The van der Waals surface area contributed by atoms with E-state index in [0.717, 1.165) is 22.4 Å². The summed E-state index contributed by atoms with van der Waals surface area (Å²) in [5, 5.41) is 12.2. The van der Waals surface area contributed by atoms with Gasteiger partial charge in [-0.1, -0.05) is 18.2 Å². The summed E-state index contributed by atoms with van der Waals surface area (Å²) in [6.07, 6.45) is 0.352. The van der Waals surface area contributed by atoms with E-state index >= 15 is 0 Å². The fourth-order valence-electron chi connectivity index (χ4n) is 2.51. The Morgan fingerprint density at radius 2 is 1.91 bits per heavy atom. The van der Waals surface area contributed by atoms with E-state index in [4.69, 9.17) is 4.74 Å². The molecule has 1 unspecified atom stereocenters. The van der Waals surface area contributed by atoms with Gasteiger partial charge in [-0.05, 0) is 61.2 Å². The number of carbonyl (C=O) groups excluding carboxylic acids is 1. The number of aryl methyl sites for hydroxylation is 2. The highest BCUT2D eigenvalue weighted by Crippen LogP contribution is 2.18. The number of hydrogen-bond acceptors (Lipinski definition) is 3. The van der Waals surface area contributed by atoms with E-state index in [1.807, 2.05) is 56.3 Å². The summed E-state index contributed by atoms with van der Waals surface area (Å²) in [5.41, 5.74) is 3.76. The van der Waals surface area contributed by atoms with Crippen molar-refractivity contribution >= 4 is 11.6 Å². The lowest BCUT2D eigenvalue weighted by Crippen LogP contribution is -2.23. The van der Waals surface area contributed by atoms with Crippen molar-refractivity contribution in [2.75, 3.05) is 12.4 Å². The molecule has 0 aromatic heterocycles. The van der Waals surface area contributed by atoms with E-state index in [2.05, 4.69) is 11.4 Å². The minimum Gasteiger partial charge on any atom is -0.497 e. The second-order valence-corrected chi connectivity index (χ2v) is 5.60. The molecule has 0 saturated heterocycles. The predicted molar refractivity (Wildman–Crippen MR) is 90.3 cm³/mol. The van der Waals surface area contributed by atoms with Gasteiger partial charge >= 0.3 is 0 Å². The summed E-state index contributed by atoms with van der Waals surface area (Å²) in [6.45, 7) is 3.95. The van der Waals surface area contributed by atoms with Gasteiger partial charge in [-0.3, -0.25) is 4.79 Å². The minimum absolute atomic E-state index is 0.291. The van der Waals surface area contributed by atoms with Crippen LogP contribution in [0.1, 0.15) is 16.7 Å². The molecule has 2 rings (SSSR count). The van der Waals surface area contributed by atoms with Crippen LogP contribution in [0.3, 0.4) is 0 Å². The summed E-state index contributed by atoms with van der Waals surface area (Å²) in [7, 11) is 1.59. The molecule has 2 aromatic rings. The Morgan fingerprint density at radius 1 is 1.22 bits per heavy atom. The molecule has 1 N–H and O–H groups in total. The van der Waals surface area contributed by atoms with Gasteiger partial charge in [-0.25, -0.2) is 0 Å². The van der Waals surface area contributed by atoms with Gasteiger partial charge in [0, 0.05) is 5.69 Å². The minimum atomic E-state index is -0.747. The Bertz CT molecular complexity index is 727. The largest absolute Gasteiger partial charge is 0.497 e. The van der Waals surface area contributed by atoms with Crippen LogP contribution in [0, 0.1) is 31.1 Å². The van der Waals surface area contributed by atoms with Gasteiger partial charge in [0.1, 0.15) is 11.7 Å². The maximum absolute atomic E-state index is 12.4. The van der Waals surface area contributed by atoms with Crippen LogP contribution in [-0.2, 0) is 11.2 Å². The lowest BCUT2D eigenvalue weighted by molar-refractivity contribution is -0.118. The van der Waals surface area contributed by atoms with Gasteiger partial charge in [-0.15, -0.1) is 0 Å². The Morgan fingerprint density at radius 3 is 2.52 bits per heavy atom. The highest BCUT2D eigenvalue weighted by atomic mass is 16.5. The second kappa shape index (κ2) is 7.46. The summed E-state index contributed by atoms with van der Waals surface area (Å²) in [4.78, 5) is 12.4. The summed E-state index contributed by atoms with van der Waals surface area (Å²) >= 11 is 0. The Hall–Kier alpha value is -2.80. The fourth-order valence-corrected chi connectivity index (χ4v) is 2.51. The molecule has 0 saturated carbocycles. The number of nitrogens with zero attached hydrogens (tertiary/aromatic N) is 1. The van der Waals surface area contributed by atoms with E-state index in [0.29, 0.717) is 12.2 Å². The molecular weight excluding hydrogens is 288 g/mol. The number of methoxy groups -OCH3 is 1. The Labute approximate surface area is 136 Å². The van der Waals surface area contributed by atoms with Gasteiger partial charge in [0.2, 0.25) is 5.91 Å². The normalized spacial score (nSPS) is 11.4. The van der Waals surface area contributed by atoms with Crippen LogP contribution < -0.4 is 10.1 Å². The Kier molecular flexibility index (Phi) is 5.37. The first-order chi connectivity index (χ1) is 11.0. The van der Waals surface area contributed by atoms with Crippen molar-refractivity contribution in [3.63, 3.8) is 0 Å². The zero-order valence-corrected chi connectivity index (χ0v) is 13.6. The number of nitrogens with one attached hydrogen (secondary N) is 1. The van der Waals surface area contributed by atoms with E-state index < -0.39 is 5.92 Å². The number of benzene rings is 2. The highest BCUT2D eigenvalue weighted by Gasteiger charge is 2.19. The molecule has 118 valence electrons. The van der Waals surface area contributed by atoms with Crippen LogP contribution >= 0.6 is 0 Å². The number of amides is 1. The first-order valence-corrected chi connectivity index (χ1v) is 7.43. The Balaban J connectivity index is 2.10. The molecule has 4 heteroatoms. The van der Waals surface area contributed by atoms with Gasteiger partial charge in [0.05, 0.1) is 13.2 Å². The van der Waals surface area contributed by atoms with E-state index in [1.165, 1.54) is 0 Å². The lowest BCUT2D eigenvalue weighted by Gasteiger charge is -2.12. The van der Waals surface area contributed by atoms with Crippen molar-refractivity contribution in [2.45, 2.75) is 20.3 Å². The zero-order valence-electron chi connectivity index (χ0n) is 13.6. The SMILES string of the molecule is COc1cccc(CC(C#N)C(=O)Nc2cc(C)cc(C)c2)c1. The van der Waals surface area contributed by atoms with Crippen molar-refractivity contribution in [2.24, 2.45) is 5.92 Å². The van der Waals surface area contributed by atoms with Crippen molar-refractivity contribution in [3.05, 3.63) is 59.2 Å². The predicted octanol–water partition coefficient (Wildman–Crippen LogP) is 3.63. The third-order valence-electron chi connectivity index (χ3n) is 3.54. The maximum atomic E-state index is 12.4. The third-order valence-corrected chi connectivity index (χ3v) is 3.54. The van der Waals surface area contributed by atoms with Crippen LogP contribution in [0.15, 0.2) is 42.5 Å². The first kappa shape index (κ1) is 16.6. The standard InChI is InChI=1S/C19H20N2O2/c1-13-7-14(2)9-17(8-13)21-19(22)16(12-20)10-15-5-4-6-18(11-15)23-3/h4-9,11,16H,10H2,1-3H3,(H,21,22). The summed E-state index contributed by atoms with van der Waals surface area (Å²) in [6, 6.07) is 15.3. The first-order valence-electron chi connectivity index (χ1n) is 7.43. The average Bonchev–Trinajstić information content (AvgIpc) is 2.51. The van der Waals surface area contributed by atoms with Crippen LogP contribution in [-0.4, -0.2) is 13.0 Å². The monoisotopic (exact) mass is 308 g/mol. The quantitative estimate of drug-likeness (QED) is 0.917. The van der Waals surface area contributed by atoms with Gasteiger partial charge < -0.3 is 10.1 Å². The lowest BCUT2D eigenvalue weighted by atomic mass is 9.99. The van der Waals surface area contributed by atoms with Crippen molar-refractivity contribution in [1.29, 1.82) is 5.26 Å². The molecule has 0 heterocycles. The zero-order chi connectivity index (χ0) is 16.8. The fraction of sp³-hybridized carbons (Fsp3) is 0.263. The number of ether oxygens (including phenoxy) is 1. The summed E-state index contributed by atoms with van der Waals surface area (Å²) in [5.74, 6) is -0.322. The van der Waals surface area contributed by atoms with Crippen molar-refractivity contribution in [3.8, 4) is 11.8 Å². The number of nitriles is 1. The average molecular weight is 308 g/mol. The van der Waals surface area contributed by atoms with E-state index in [1.54, 1.807) is 7.11 Å². The van der Waals surface area contributed by atoms with E-state index in [-0.39, 0.29) is 5.91 Å². The molecular formula is C19H20N2O2. The molecule has 2 aromatic carbocycles. The second-order valence-electron chi connectivity index (χ2n) is 5.60. The molecule has 0 aliphatic heterocycles. The highest BCUT2D eigenvalue weighted by molar-refractivity contribution is 5.94. The van der Waals surface area contributed by atoms with Crippen molar-refractivity contribution < 1.29 is 9.53 Å². The van der Waals surface area contributed by atoms with Crippen molar-refractivity contribution in [1.82, 2.24) is 0 Å². The molecule has 4 nitrogen and oxygen atoms in total. The van der Waals surface area contributed by atoms with Crippen LogP contribution in [0.25, 0.3) is 0 Å². The van der Waals surface area contributed by atoms with Crippen LogP contribution in [0.4, 0.5) is 5.69 Å². The summed E-state index contributed by atoms with van der Waals surface area (Å²) < 4.78 is 5.17. The van der Waals surface area contributed by atoms with Crippen LogP contribution in [0.5, 0.6) is 5.75 Å². The topological polar surface area (TPSA) is 62.1 Å². The van der Waals surface area contributed by atoms with Gasteiger partial charge in [0.15, 0.2) is 0 Å².